The lowest BCUT2D eigenvalue weighted by Crippen LogP contribution is -2.59. The first-order valence-electron chi connectivity index (χ1n) is 15.6. The molecule has 1 aromatic carbocycles. The number of nitrogens with zero attached hydrogens (tertiary/aromatic N) is 6. The quantitative estimate of drug-likeness (QED) is 0.190. The van der Waals surface area contributed by atoms with Crippen molar-refractivity contribution in [3.8, 4) is 16.9 Å². The van der Waals surface area contributed by atoms with Gasteiger partial charge in [0, 0.05) is 36.9 Å². The first-order valence-corrected chi connectivity index (χ1v) is 15.6. The SMILES string of the molecule is [B]C([B])=Cc1ccccc1-c1nc2c(cc1F)c(N1[C@@H](C)CN(C(=O)C(=C)F)C[C@@H]1C)nc(=O)n2-c1c(C(C)C)ccnc1C(C)C. The molecule has 4 aromatic rings. The van der Waals surface area contributed by atoms with Crippen molar-refractivity contribution in [1.82, 2.24) is 24.4 Å². The van der Waals surface area contributed by atoms with Crippen molar-refractivity contribution in [2.24, 2.45) is 0 Å². The number of pyridine rings is 2. The summed E-state index contributed by atoms with van der Waals surface area (Å²) in [7, 11) is 11.6. The highest BCUT2D eigenvalue weighted by molar-refractivity contribution is 6.50. The molecule has 1 aliphatic heterocycles. The number of hydrogen-bond acceptors (Lipinski definition) is 6. The molecule has 1 fully saturated rings. The average molecular weight is 632 g/mol. The Morgan fingerprint density at radius 1 is 1.04 bits per heavy atom. The van der Waals surface area contributed by atoms with E-state index in [1.807, 2.05) is 52.5 Å². The van der Waals surface area contributed by atoms with Gasteiger partial charge in [-0.3, -0.25) is 9.78 Å². The molecule has 4 radical (unpaired) electrons. The number of carbonyl (C=O) groups is 1. The van der Waals surface area contributed by atoms with Crippen molar-refractivity contribution in [2.75, 3.05) is 18.0 Å². The maximum Gasteiger partial charge on any atom is 0.355 e. The van der Waals surface area contributed by atoms with E-state index in [-0.39, 0.29) is 47.5 Å². The van der Waals surface area contributed by atoms with Crippen LogP contribution in [-0.4, -0.2) is 71.2 Å². The molecule has 4 heterocycles. The van der Waals surface area contributed by atoms with E-state index in [2.05, 4.69) is 16.5 Å². The first-order chi connectivity index (χ1) is 22.2. The number of aromatic nitrogens is 4. The summed E-state index contributed by atoms with van der Waals surface area (Å²) in [5, 5.41) is 0.330. The molecule has 1 amide bonds. The Morgan fingerprint density at radius 2 is 1.70 bits per heavy atom. The fourth-order valence-electron chi connectivity index (χ4n) is 6.41. The Bertz CT molecular complexity index is 1930. The van der Waals surface area contributed by atoms with Gasteiger partial charge < -0.3 is 9.80 Å². The number of anilines is 1. The number of amides is 1. The van der Waals surface area contributed by atoms with E-state index >= 15 is 4.39 Å². The van der Waals surface area contributed by atoms with E-state index in [9.17, 15) is 14.0 Å². The second-order valence-electron chi connectivity index (χ2n) is 12.6. The van der Waals surface area contributed by atoms with Crippen molar-refractivity contribution in [3.05, 3.63) is 93.5 Å². The number of rotatable bonds is 7. The van der Waals surface area contributed by atoms with Gasteiger partial charge in [0.1, 0.15) is 17.3 Å². The third kappa shape index (κ3) is 6.38. The molecule has 3 aromatic heterocycles. The topological polar surface area (TPSA) is 84.2 Å². The van der Waals surface area contributed by atoms with Gasteiger partial charge in [0.15, 0.2) is 11.5 Å². The van der Waals surface area contributed by atoms with Crippen LogP contribution in [0, 0.1) is 5.82 Å². The number of carbonyl (C=O) groups excluding carboxylic acids is 1. The van der Waals surface area contributed by atoms with Gasteiger partial charge in [-0.2, -0.15) is 10.4 Å². The number of fused-ring (bicyclic) bond motifs is 1. The van der Waals surface area contributed by atoms with Gasteiger partial charge in [-0.05, 0) is 48.9 Å². The largest absolute Gasteiger partial charge is 0.355 e. The molecule has 1 saturated heterocycles. The number of benzene rings is 1. The summed E-state index contributed by atoms with van der Waals surface area (Å²) in [5.41, 5.74) is 2.61. The molecular weight excluding hydrogens is 596 g/mol. The van der Waals surface area contributed by atoms with Crippen LogP contribution in [0.2, 0.25) is 0 Å². The van der Waals surface area contributed by atoms with Crippen LogP contribution in [0.25, 0.3) is 34.1 Å². The monoisotopic (exact) mass is 632 g/mol. The molecule has 0 N–H and O–H groups in total. The zero-order valence-corrected chi connectivity index (χ0v) is 27.5. The fourth-order valence-corrected chi connectivity index (χ4v) is 6.41. The van der Waals surface area contributed by atoms with Crippen LogP contribution < -0.4 is 10.6 Å². The summed E-state index contributed by atoms with van der Waals surface area (Å²) >= 11 is 0. The lowest BCUT2D eigenvalue weighted by molar-refractivity contribution is -0.129. The van der Waals surface area contributed by atoms with E-state index in [4.69, 9.17) is 20.7 Å². The van der Waals surface area contributed by atoms with Crippen molar-refractivity contribution in [2.45, 2.75) is 65.5 Å². The molecule has 12 heteroatoms. The third-order valence-corrected chi connectivity index (χ3v) is 8.40. The van der Waals surface area contributed by atoms with Crippen LogP contribution in [0.4, 0.5) is 14.6 Å². The molecule has 2 atom stereocenters. The summed E-state index contributed by atoms with van der Waals surface area (Å²) in [6.45, 7) is 15.1. The molecule has 8 nitrogen and oxygen atoms in total. The van der Waals surface area contributed by atoms with Crippen LogP contribution in [0.5, 0.6) is 0 Å². The smallest absolute Gasteiger partial charge is 0.347 e. The summed E-state index contributed by atoms with van der Waals surface area (Å²) in [6.07, 6.45) is 3.24. The van der Waals surface area contributed by atoms with Crippen molar-refractivity contribution in [3.63, 3.8) is 0 Å². The number of halogens is 2. The standard InChI is InChI=1S/C35H36B2F2N6O2/c1-18(2)24-12-13-40-29(19(3)4)31(24)45-32-26(15-27(39)30(41-32)25-11-9-8-10-23(25)14-28(36)37)33(42-35(45)47)44-20(5)16-43(17-21(44)6)34(46)22(7)38/h8-15,18-21H,7,16-17H2,1-6H3/t20-,21-/m0/s1. The summed E-state index contributed by atoms with van der Waals surface area (Å²) in [5.74, 6) is -2.34. The van der Waals surface area contributed by atoms with Crippen LogP contribution >= 0.6 is 0 Å². The van der Waals surface area contributed by atoms with Gasteiger partial charge in [-0.25, -0.2) is 23.1 Å². The minimum Gasteiger partial charge on any atom is -0.347 e. The van der Waals surface area contributed by atoms with Crippen LogP contribution in [0.3, 0.4) is 0 Å². The fraction of sp³-hybridized carbons (Fsp3) is 0.343. The Morgan fingerprint density at radius 3 is 2.30 bits per heavy atom. The molecule has 0 bridgehead atoms. The molecule has 47 heavy (non-hydrogen) atoms. The van der Waals surface area contributed by atoms with Gasteiger partial charge in [0.05, 0.1) is 32.5 Å². The Labute approximate surface area is 276 Å². The van der Waals surface area contributed by atoms with Crippen molar-refractivity contribution in [1.29, 1.82) is 0 Å². The zero-order valence-electron chi connectivity index (χ0n) is 27.5. The second kappa shape index (κ2) is 13.3. The highest BCUT2D eigenvalue weighted by atomic mass is 19.1. The molecule has 238 valence electrons. The normalized spacial score (nSPS) is 16.6. The van der Waals surface area contributed by atoms with Gasteiger partial charge in [0.25, 0.3) is 5.91 Å². The molecule has 1 aliphatic rings. The van der Waals surface area contributed by atoms with E-state index in [1.165, 1.54) is 21.6 Å². The maximum atomic E-state index is 16.4. The minimum absolute atomic E-state index is 0.00125. The molecule has 0 spiro atoms. The lowest BCUT2D eigenvalue weighted by Gasteiger charge is -2.45. The van der Waals surface area contributed by atoms with E-state index < -0.39 is 35.3 Å². The van der Waals surface area contributed by atoms with Gasteiger partial charge in [-0.15, -0.1) is 0 Å². The van der Waals surface area contributed by atoms with Crippen molar-refractivity contribution < 1.29 is 13.6 Å². The predicted octanol–water partition coefficient (Wildman–Crippen LogP) is 5.77. The molecule has 0 aliphatic carbocycles. The highest BCUT2D eigenvalue weighted by Crippen LogP contribution is 2.36. The molecule has 0 unspecified atom stereocenters. The molecule has 5 rings (SSSR count). The summed E-state index contributed by atoms with van der Waals surface area (Å²) in [4.78, 5) is 44.2. The first kappa shape index (κ1) is 33.8. The minimum atomic E-state index is -1.05. The predicted molar refractivity (Wildman–Crippen MR) is 184 cm³/mol. The Kier molecular flexibility index (Phi) is 9.52. The Hall–Kier alpha value is -4.60. The lowest BCUT2D eigenvalue weighted by atomic mass is 9.77. The zero-order chi connectivity index (χ0) is 34.3. The van der Waals surface area contributed by atoms with Crippen LogP contribution in [0.1, 0.15) is 70.2 Å². The van der Waals surface area contributed by atoms with Crippen molar-refractivity contribution >= 4 is 44.5 Å². The molecular formula is C35H36B2F2N6O2. The number of piperazine rings is 1. The van der Waals surface area contributed by atoms with Gasteiger partial charge in [0.2, 0.25) is 0 Å². The van der Waals surface area contributed by atoms with Crippen LogP contribution in [-0.2, 0) is 4.79 Å². The third-order valence-electron chi connectivity index (χ3n) is 8.40. The van der Waals surface area contributed by atoms with E-state index in [1.54, 1.807) is 30.5 Å². The van der Waals surface area contributed by atoms with Crippen LogP contribution in [0.15, 0.2) is 65.2 Å². The van der Waals surface area contributed by atoms with E-state index in [0.717, 1.165) is 5.56 Å². The average Bonchev–Trinajstić information content (AvgIpc) is 3.00. The van der Waals surface area contributed by atoms with Gasteiger partial charge in [-0.1, -0.05) is 64.6 Å². The van der Waals surface area contributed by atoms with E-state index in [0.29, 0.717) is 27.9 Å². The summed E-state index contributed by atoms with van der Waals surface area (Å²) < 4.78 is 31.6. The summed E-state index contributed by atoms with van der Waals surface area (Å²) in [6, 6.07) is 9.36. The Balaban J connectivity index is 1.87. The van der Waals surface area contributed by atoms with Gasteiger partial charge >= 0.3 is 5.69 Å². The highest BCUT2D eigenvalue weighted by Gasteiger charge is 2.36. The molecule has 0 saturated carbocycles. The number of hydrogen-bond donors (Lipinski definition) is 0. The maximum absolute atomic E-state index is 16.4. The second-order valence-corrected chi connectivity index (χ2v) is 12.6.